The molecule has 8 heteroatoms. The molecule has 0 spiro atoms. The Bertz CT molecular complexity index is 762. The standard InChI is InChI=1S/C19H28N4O2S.HI/c1-2-20-19(22-12-15-23-13-6-7-14-23)21-11-8-16-26(24,25)17-18-9-4-3-5-10-18;/h3-7,9-10,13-14H,2,8,11-12,15-17H2,1H3,(H2,20,21,22);1H. The summed E-state index contributed by atoms with van der Waals surface area (Å²) in [5, 5.41) is 6.45. The lowest BCUT2D eigenvalue weighted by Crippen LogP contribution is -2.39. The quantitative estimate of drug-likeness (QED) is 0.226. The molecule has 150 valence electrons. The van der Waals surface area contributed by atoms with Gasteiger partial charge in [0.25, 0.3) is 0 Å². The Morgan fingerprint density at radius 1 is 1.07 bits per heavy atom. The van der Waals surface area contributed by atoms with E-state index in [1.165, 1.54) is 0 Å². The topological polar surface area (TPSA) is 75.5 Å². The third kappa shape index (κ3) is 9.81. The first-order valence-corrected chi connectivity index (χ1v) is 10.8. The van der Waals surface area contributed by atoms with Crippen molar-refractivity contribution in [3.05, 3.63) is 60.4 Å². The molecule has 0 atom stereocenters. The van der Waals surface area contributed by atoms with Crippen molar-refractivity contribution in [2.75, 3.05) is 25.4 Å². The highest BCUT2D eigenvalue weighted by Gasteiger charge is 2.11. The number of sulfone groups is 1. The summed E-state index contributed by atoms with van der Waals surface area (Å²) < 4.78 is 26.5. The molecular weight excluding hydrogens is 475 g/mol. The summed E-state index contributed by atoms with van der Waals surface area (Å²) in [7, 11) is -3.10. The van der Waals surface area contributed by atoms with Crippen LogP contribution in [0.3, 0.4) is 0 Å². The van der Waals surface area contributed by atoms with Crippen LogP contribution in [-0.4, -0.2) is 44.3 Å². The summed E-state index contributed by atoms with van der Waals surface area (Å²) in [5.41, 5.74) is 0.830. The molecule has 1 heterocycles. The minimum absolute atomic E-state index is 0. The zero-order valence-corrected chi connectivity index (χ0v) is 18.8. The molecule has 0 unspecified atom stereocenters. The number of benzene rings is 1. The highest BCUT2D eigenvalue weighted by molar-refractivity contribution is 14.0. The number of nitrogens with one attached hydrogen (secondary N) is 2. The van der Waals surface area contributed by atoms with Gasteiger partial charge in [0.2, 0.25) is 0 Å². The van der Waals surface area contributed by atoms with Crippen molar-refractivity contribution in [2.45, 2.75) is 25.6 Å². The van der Waals surface area contributed by atoms with Crippen LogP contribution in [0.5, 0.6) is 0 Å². The molecule has 1 aromatic heterocycles. The number of hydrogen-bond donors (Lipinski definition) is 2. The molecule has 0 fully saturated rings. The number of halogens is 1. The van der Waals surface area contributed by atoms with E-state index in [4.69, 9.17) is 0 Å². The molecule has 2 aromatic rings. The number of aromatic nitrogens is 1. The molecule has 0 aliphatic heterocycles. The summed E-state index contributed by atoms with van der Waals surface area (Å²) >= 11 is 0. The van der Waals surface area contributed by atoms with Crippen LogP contribution in [0.4, 0.5) is 0 Å². The van der Waals surface area contributed by atoms with Gasteiger partial charge < -0.3 is 15.2 Å². The van der Waals surface area contributed by atoms with Crippen molar-refractivity contribution < 1.29 is 8.42 Å². The molecule has 2 rings (SSSR count). The summed E-state index contributed by atoms with van der Waals surface area (Å²) in [5.74, 6) is 0.959. The molecule has 0 radical (unpaired) electrons. The number of aliphatic imine (C=N–C) groups is 1. The van der Waals surface area contributed by atoms with Gasteiger partial charge in [-0.2, -0.15) is 0 Å². The van der Waals surface area contributed by atoms with Crippen molar-refractivity contribution in [1.82, 2.24) is 15.2 Å². The third-order valence-electron chi connectivity index (χ3n) is 3.79. The van der Waals surface area contributed by atoms with E-state index >= 15 is 0 Å². The van der Waals surface area contributed by atoms with Gasteiger partial charge in [0.15, 0.2) is 15.8 Å². The first-order valence-electron chi connectivity index (χ1n) is 8.96. The van der Waals surface area contributed by atoms with Crippen molar-refractivity contribution in [1.29, 1.82) is 0 Å². The van der Waals surface area contributed by atoms with Gasteiger partial charge in [0, 0.05) is 38.6 Å². The van der Waals surface area contributed by atoms with Gasteiger partial charge in [0.05, 0.1) is 11.5 Å². The maximum atomic E-state index is 12.2. The summed E-state index contributed by atoms with van der Waals surface area (Å²) in [6.45, 7) is 4.86. The predicted molar refractivity (Wildman–Crippen MR) is 122 cm³/mol. The molecule has 0 saturated carbocycles. The average Bonchev–Trinajstić information content (AvgIpc) is 3.12. The van der Waals surface area contributed by atoms with Gasteiger partial charge in [-0.15, -0.1) is 24.0 Å². The fraction of sp³-hybridized carbons (Fsp3) is 0.421. The van der Waals surface area contributed by atoms with E-state index in [1.807, 2.05) is 61.8 Å². The van der Waals surface area contributed by atoms with E-state index in [1.54, 1.807) is 0 Å². The maximum absolute atomic E-state index is 12.2. The van der Waals surface area contributed by atoms with E-state index in [2.05, 4.69) is 20.2 Å². The fourth-order valence-electron chi connectivity index (χ4n) is 2.54. The fourth-order valence-corrected chi connectivity index (χ4v) is 3.95. The van der Waals surface area contributed by atoms with E-state index in [0.29, 0.717) is 13.0 Å². The Morgan fingerprint density at radius 3 is 2.44 bits per heavy atom. The normalized spacial score (nSPS) is 11.7. The molecule has 0 aliphatic carbocycles. The van der Waals surface area contributed by atoms with Crippen LogP contribution < -0.4 is 10.6 Å². The van der Waals surface area contributed by atoms with Crippen LogP contribution in [0.15, 0.2) is 59.9 Å². The van der Waals surface area contributed by atoms with E-state index < -0.39 is 9.84 Å². The maximum Gasteiger partial charge on any atom is 0.191 e. The monoisotopic (exact) mass is 504 g/mol. The SMILES string of the molecule is CCNC(=NCCCS(=O)(=O)Cc1ccccc1)NCCn1cccc1.I. The van der Waals surface area contributed by atoms with Crippen LogP contribution in [0.25, 0.3) is 0 Å². The summed E-state index contributed by atoms with van der Waals surface area (Å²) in [4.78, 5) is 4.46. The van der Waals surface area contributed by atoms with Gasteiger partial charge in [-0.1, -0.05) is 30.3 Å². The lowest BCUT2D eigenvalue weighted by molar-refractivity contribution is 0.592. The van der Waals surface area contributed by atoms with E-state index in [9.17, 15) is 8.42 Å². The van der Waals surface area contributed by atoms with Crippen LogP contribution in [0.1, 0.15) is 18.9 Å². The molecular formula is C19H29IN4O2S. The highest BCUT2D eigenvalue weighted by Crippen LogP contribution is 2.07. The number of rotatable bonds is 10. The van der Waals surface area contributed by atoms with E-state index in [-0.39, 0.29) is 35.5 Å². The second-order valence-electron chi connectivity index (χ2n) is 6.04. The smallest absolute Gasteiger partial charge is 0.191 e. The number of nitrogens with zero attached hydrogens (tertiary/aromatic N) is 2. The second-order valence-corrected chi connectivity index (χ2v) is 8.22. The number of guanidine groups is 1. The molecule has 27 heavy (non-hydrogen) atoms. The molecule has 2 N–H and O–H groups in total. The predicted octanol–water partition coefficient (Wildman–Crippen LogP) is 2.67. The van der Waals surface area contributed by atoms with Crippen molar-refractivity contribution in [3.8, 4) is 0 Å². The van der Waals surface area contributed by atoms with Crippen molar-refractivity contribution in [2.24, 2.45) is 4.99 Å². The van der Waals surface area contributed by atoms with Crippen LogP contribution in [-0.2, 0) is 22.1 Å². The minimum atomic E-state index is -3.10. The zero-order valence-electron chi connectivity index (χ0n) is 15.7. The highest BCUT2D eigenvalue weighted by atomic mass is 127. The Kier molecular flexibility index (Phi) is 11.1. The van der Waals surface area contributed by atoms with Gasteiger partial charge >= 0.3 is 0 Å². The largest absolute Gasteiger partial charge is 0.357 e. The Balaban J connectivity index is 0.00000364. The minimum Gasteiger partial charge on any atom is -0.357 e. The van der Waals surface area contributed by atoms with Gasteiger partial charge in [0.1, 0.15) is 0 Å². The Labute approximate surface area is 179 Å². The second kappa shape index (κ2) is 12.8. The molecule has 1 aromatic carbocycles. The third-order valence-corrected chi connectivity index (χ3v) is 5.47. The molecule has 6 nitrogen and oxygen atoms in total. The average molecular weight is 504 g/mol. The molecule has 0 bridgehead atoms. The first kappa shape index (κ1) is 23.5. The lowest BCUT2D eigenvalue weighted by atomic mass is 10.2. The zero-order chi connectivity index (χ0) is 18.7. The van der Waals surface area contributed by atoms with Crippen molar-refractivity contribution >= 4 is 39.8 Å². The van der Waals surface area contributed by atoms with Gasteiger partial charge in [-0.05, 0) is 31.0 Å². The van der Waals surface area contributed by atoms with Crippen LogP contribution >= 0.6 is 24.0 Å². The molecule has 0 saturated heterocycles. The summed E-state index contributed by atoms with van der Waals surface area (Å²) in [6, 6.07) is 13.3. The first-order chi connectivity index (χ1) is 12.6. The molecule has 0 aliphatic rings. The summed E-state index contributed by atoms with van der Waals surface area (Å²) in [6.07, 6.45) is 4.55. The van der Waals surface area contributed by atoms with Crippen molar-refractivity contribution in [3.63, 3.8) is 0 Å². The number of hydrogen-bond acceptors (Lipinski definition) is 3. The Morgan fingerprint density at radius 2 is 1.78 bits per heavy atom. The lowest BCUT2D eigenvalue weighted by Gasteiger charge is -2.11. The van der Waals surface area contributed by atoms with Crippen LogP contribution in [0, 0.1) is 0 Å². The Hall–Kier alpha value is -1.55. The molecule has 0 amide bonds. The van der Waals surface area contributed by atoms with Gasteiger partial charge in [-0.25, -0.2) is 8.42 Å². The van der Waals surface area contributed by atoms with Gasteiger partial charge in [-0.3, -0.25) is 4.99 Å². The van der Waals surface area contributed by atoms with E-state index in [0.717, 1.165) is 31.2 Å². The van der Waals surface area contributed by atoms with Crippen LogP contribution in [0.2, 0.25) is 0 Å².